The van der Waals surface area contributed by atoms with E-state index in [1.54, 1.807) is 30.1 Å². The lowest BCUT2D eigenvalue weighted by Crippen LogP contribution is -1.94. The van der Waals surface area contributed by atoms with Crippen molar-refractivity contribution in [3.05, 3.63) is 66.5 Å². The number of nitrogens with one attached hydrogen (secondary N) is 1. The fourth-order valence-corrected chi connectivity index (χ4v) is 2.60. The maximum atomic E-state index is 9.07. The highest BCUT2D eigenvalue weighted by Gasteiger charge is 2.07. The number of hydrogen-bond acceptors (Lipinski definition) is 6. The molecule has 0 saturated heterocycles. The SMILES string of the molecule is COc1cccc(-c2ccc3nc(Nc4ccc(CO)cn4)cn3n2)c1. The quantitative estimate of drug-likeness (QED) is 0.577. The van der Waals surface area contributed by atoms with E-state index in [-0.39, 0.29) is 6.61 Å². The fraction of sp³-hybridized carbons (Fsp3) is 0.105. The highest BCUT2D eigenvalue weighted by Crippen LogP contribution is 2.23. The molecule has 0 bridgehead atoms. The first kappa shape index (κ1) is 16.0. The maximum Gasteiger partial charge on any atom is 0.156 e. The average molecular weight is 347 g/mol. The van der Waals surface area contributed by atoms with Crippen LogP contribution in [0.3, 0.4) is 0 Å². The van der Waals surface area contributed by atoms with Crippen LogP contribution in [-0.2, 0) is 6.61 Å². The average Bonchev–Trinajstić information content (AvgIpc) is 3.10. The molecule has 0 atom stereocenters. The standard InChI is InChI=1S/C19H17N5O2/c1-26-15-4-2-3-14(9-15)16-6-8-19-22-18(11-24(19)23-16)21-17-7-5-13(12-25)10-20-17/h2-11,25H,12H2,1H3,(H,20,21). The van der Waals surface area contributed by atoms with Crippen molar-refractivity contribution in [2.75, 3.05) is 12.4 Å². The van der Waals surface area contributed by atoms with Gasteiger partial charge in [-0.25, -0.2) is 14.5 Å². The Bertz CT molecular complexity index is 1040. The third-order valence-corrected chi connectivity index (χ3v) is 3.95. The molecule has 3 heterocycles. The van der Waals surface area contributed by atoms with Crippen LogP contribution in [0.25, 0.3) is 16.9 Å². The van der Waals surface area contributed by atoms with Crippen LogP contribution in [0.15, 0.2) is 60.9 Å². The van der Waals surface area contributed by atoms with Crippen molar-refractivity contribution >= 4 is 17.3 Å². The number of pyridine rings is 1. The monoisotopic (exact) mass is 347 g/mol. The number of aromatic nitrogens is 4. The van der Waals surface area contributed by atoms with Crippen molar-refractivity contribution in [2.45, 2.75) is 6.61 Å². The number of nitrogens with zero attached hydrogens (tertiary/aromatic N) is 4. The van der Waals surface area contributed by atoms with Gasteiger partial charge in [-0.2, -0.15) is 5.10 Å². The molecule has 0 saturated carbocycles. The Balaban J connectivity index is 1.62. The van der Waals surface area contributed by atoms with Crippen molar-refractivity contribution in [1.82, 2.24) is 19.6 Å². The normalized spacial score (nSPS) is 10.8. The minimum Gasteiger partial charge on any atom is -0.497 e. The van der Waals surface area contributed by atoms with Crippen LogP contribution in [0.2, 0.25) is 0 Å². The topological polar surface area (TPSA) is 84.6 Å². The summed E-state index contributed by atoms with van der Waals surface area (Å²) in [7, 11) is 1.64. The summed E-state index contributed by atoms with van der Waals surface area (Å²) in [5.41, 5.74) is 3.28. The van der Waals surface area contributed by atoms with Crippen molar-refractivity contribution in [3.63, 3.8) is 0 Å². The third kappa shape index (κ3) is 3.20. The summed E-state index contributed by atoms with van der Waals surface area (Å²) in [6.45, 7) is -0.0292. The Hall–Kier alpha value is -3.45. The molecule has 7 heteroatoms. The van der Waals surface area contributed by atoms with E-state index in [1.165, 1.54) is 0 Å². The number of fused-ring (bicyclic) bond motifs is 1. The Labute approximate surface area is 149 Å². The predicted octanol–water partition coefficient (Wildman–Crippen LogP) is 3.04. The summed E-state index contributed by atoms with van der Waals surface area (Å²) >= 11 is 0. The second-order valence-electron chi connectivity index (χ2n) is 5.71. The predicted molar refractivity (Wildman–Crippen MR) is 98.4 cm³/mol. The largest absolute Gasteiger partial charge is 0.497 e. The molecule has 4 aromatic rings. The summed E-state index contributed by atoms with van der Waals surface area (Å²) in [5, 5.41) is 16.8. The molecule has 26 heavy (non-hydrogen) atoms. The van der Waals surface area contributed by atoms with Gasteiger partial charge in [0, 0.05) is 11.8 Å². The van der Waals surface area contributed by atoms with Crippen molar-refractivity contribution in [2.24, 2.45) is 0 Å². The summed E-state index contributed by atoms with van der Waals surface area (Å²) in [6, 6.07) is 15.2. The highest BCUT2D eigenvalue weighted by molar-refractivity contribution is 5.63. The number of aliphatic hydroxyl groups excluding tert-OH is 1. The Kier molecular flexibility index (Phi) is 4.20. The lowest BCUT2D eigenvalue weighted by molar-refractivity contribution is 0.281. The van der Waals surface area contributed by atoms with Crippen LogP contribution in [0.1, 0.15) is 5.56 Å². The van der Waals surface area contributed by atoms with Gasteiger partial charge in [-0.3, -0.25) is 0 Å². The second-order valence-corrected chi connectivity index (χ2v) is 5.71. The van der Waals surface area contributed by atoms with Gasteiger partial charge in [0.1, 0.15) is 11.6 Å². The van der Waals surface area contributed by atoms with Crippen LogP contribution in [0, 0.1) is 0 Å². The van der Waals surface area contributed by atoms with E-state index in [4.69, 9.17) is 9.84 Å². The van der Waals surface area contributed by atoms with Crippen molar-refractivity contribution in [1.29, 1.82) is 0 Å². The van der Waals surface area contributed by atoms with Gasteiger partial charge in [0.2, 0.25) is 0 Å². The van der Waals surface area contributed by atoms with Crippen LogP contribution < -0.4 is 10.1 Å². The number of benzene rings is 1. The van der Waals surface area contributed by atoms with Gasteiger partial charge >= 0.3 is 0 Å². The molecule has 130 valence electrons. The molecule has 0 spiro atoms. The van der Waals surface area contributed by atoms with Crippen LogP contribution in [0.5, 0.6) is 5.75 Å². The minimum atomic E-state index is -0.0292. The highest BCUT2D eigenvalue weighted by atomic mass is 16.5. The Morgan fingerprint density at radius 1 is 1.12 bits per heavy atom. The molecule has 0 unspecified atom stereocenters. The Morgan fingerprint density at radius 2 is 2.04 bits per heavy atom. The third-order valence-electron chi connectivity index (χ3n) is 3.95. The van der Waals surface area contributed by atoms with Gasteiger partial charge in [0.05, 0.1) is 25.6 Å². The fourth-order valence-electron chi connectivity index (χ4n) is 2.60. The zero-order valence-electron chi connectivity index (χ0n) is 14.1. The summed E-state index contributed by atoms with van der Waals surface area (Å²) < 4.78 is 6.99. The number of ether oxygens (including phenoxy) is 1. The number of imidazole rings is 1. The zero-order chi connectivity index (χ0) is 17.9. The zero-order valence-corrected chi connectivity index (χ0v) is 14.1. The van der Waals surface area contributed by atoms with E-state index >= 15 is 0 Å². The molecule has 0 aliphatic rings. The molecule has 0 amide bonds. The lowest BCUT2D eigenvalue weighted by Gasteiger charge is -2.04. The van der Waals surface area contributed by atoms with Gasteiger partial charge < -0.3 is 15.2 Å². The first-order valence-electron chi connectivity index (χ1n) is 8.09. The molecular weight excluding hydrogens is 330 g/mol. The molecule has 0 fully saturated rings. The van der Waals surface area contributed by atoms with E-state index in [9.17, 15) is 0 Å². The van der Waals surface area contributed by atoms with Crippen molar-refractivity contribution < 1.29 is 9.84 Å². The first-order chi connectivity index (χ1) is 12.7. The molecule has 0 aliphatic carbocycles. The second kappa shape index (κ2) is 6.81. The number of methoxy groups -OCH3 is 1. The van der Waals surface area contributed by atoms with Gasteiger partial charge in [0.15, 0.2) is 11.5 Å². The van der Waals surface area contributed by atoms with E-state index in [2.05, 4.69) is 20.4 Å². The van der Waals surface area contributed by atoms with E-state index < -0.39 is 0 Å². The molecule has 3 aromatic heterocycles. The number of anilines is 2. The van der Waals surface area contributed by atoms with Gasteiger partial charge in [0.25, 0.3) is 0 Å². The number of rotatable bonds is 5. The molecule has 0 aliphatic heterocycles. The summed E-state index contributed by atoms with van der Waals surface area (Å²) in [5.74, 6) is 2.08. The molecular formula is C19H17N5O2. The maximum absolute atomic E-state index is 9.07. The van der Waals surface area contributed by atoms with Gasteiger partial charge in [-0.15, -0.1) is 0 Å². The molecule has 0 radical (unpaired) electrons. The molecule has 2 N–H and O–H groups in total. The van der Waals surface area contributed by atoms with Gasteiger partial charge in [-0.05, 0) is 35.9 Å². The van der Waals surface area contributed by atoms with E-state index in [0.29, 0.717) is 11.6 Å². The smallest absolute Gasteiger partial charge is 0.156 e. The first-order valence-corrected chi connectivity index (χ1v) is 8.09. The molecule has 7 nitrogen and oxygen atoms in total. The van der Waals surface area contributed by atoms with E-state index in [0.717, 1.165) is 28.2 Å². The lowest BCUT2D eigenvalue weighted by atomic mass is 10.1. The number of hydrogen-bond donors (Lipinski definition) is 2. The summed E-state index contributed by atoms with van der Waals surface area (Å²) in [4.78, 5) is 8.74. The van der Waals surface area contributed by atoms with Crippen LogP contribution >= 0.6 is 0 Å². The molecule has 1 aromatic carbocycles. The molecule has 4 rings (SSSR count). The minimum absolute atomic E-state index is 0.0292. The van der Waals surface area contributed by atoms with Crippen LogP contribution in [0.4, 0.5) is 11.6 Å². The Morgan fingerprint density at radius 3 is 2.81 bits per heavy atom. The van der Waals surface area contributed by atoms with Crippen molar-refractivity contribution in [3.8, 4) is 17.0 Å². The number of aliphatic hydroxyl groups is 1. The van der Waals surface area contributed by atoms with Crippen LogP contribution in [-0.4, -0.2) is 31.8 Å². The van der Waals surface area contributed by atoms with Gasteiger partial charge in [-0.1, -0.05) is 18.2 Å². The summed E-state index contributed by atoms with van der Waals surface area (Å²) in [6.07, 6.45) is 3.43. The van der Waals surface area contributed by atoms with E-state index in [1.807, 2.05) is 42.5 Å².